The number of amides is 1. The molecule has 0 bridgehead atoms. The summed E-state index contributed by atoms with van der Waals surface area (Å²) < 4.78 is 0. The maximum absolute atomic E-state index is 11.8. The molecule has 1 N–H and O–H groups in total. The molecule has 74 valence electrons. The van der Waals surface area contributed by atoms with E-state index in [1.807, 2.05) is 32.0 Å². The van der Waals surface area contributed by atoms with Crippen LogP contribution in [0.4, 0.5) is 5.69 Å². The van der Waals surface area contributed by atoms with Gasteiger partial charge in [0.2, 0.25) is 5.91 Å². The van der Waals surface area contributed by atoms with E-state index in [0.29, 0.717) is 5.02 Å². The summed E-state index contributed by atoms with van der Waals surface area (Å²) in [6.45, 7) is 3.93. The summed E-state index contributed by atoms with van der Waals surface area (Å²) in [5.74, 6) is 0.0445. The Kier molecular flexibility index (Phi) is 2.04. The van der Waals surface area contributed by atoms with Gasteiger partial charge in [0.1, 0.15) is 0 Å². The molecule has 0 aromatic heterocycles. The van der Waals surface area contributed by atoms with Crippen LogP contribution in [0.5, 0.6) is 0 Å². The molecule has 0 radical (unpaired) electrons. The van der Waals surface area contributed by atoms with E-state index in [0.717, 1.165) is 17.7 Å². The number of hydrogen-bond donors (Lipinski definition) is 1. The predicted octanol–water partition coefficient (Wildman–Crippen LogP) is 2.96. The van der Waals surface area contributed by atoms with Gasteiger partial charge >= 0.3 is 0 Å². The largest absolute Gasteiger partial charge is 0.325 e. The van der Waals surface area contributed by atoms with E-state index in [9.17, 15) is 4.79 Å². The van der Waals surface area contributed by atoms with Gasteiger partial charge in [-0.2, -0.15) is 0 Å². The van der Waals surface area contributed by atoms with E-state index in [1.54, 1.807) is 0 Å². The van der Waals surface area contributed by atoms with Gasteiger partial charge in [0.05, 0.1) is 5.41 Å². The normalized spacial score (nSPS) is 24.6. The fourth-order valence-corrected chi connectivity index (χ4v) is 2.28. The lowest BCUT2D eigenvalue weighted by molar-refractivity contribution is -0.120. The molecule has 1 aliphatic heterocycles. The van der Waals surface area contributed by atoms with Gasteiger partial charge in [-0.25, -0.2) is 0 Å². The summed E-state index contributed by atoms with van der Waals surface area (Å²) in [6, 6.07) is 5.57. The Morgan fingerprint density at radius 1 is 1.50 bits per heavy atom. The Morgan fingerprint density at radius 2 is 2.21 bits per heavy atom. The van der Waals surface area contributed by atoms with Crippen LogP contribution in [0.2, 0.25) is 5.02 Å². The maximum atomic E-state index is 11.8. The van der Waals surface area contributed by atoms with Crippen LogP contribution in [0.25, 0.3) is 0 Å². The number of hydrogen-bond acceptors (Lipinski definition) is 1. The molecule has 2 rings (SSSR count). The zero-order chi connectivity index (χ0) is 10.3. The average molecular weight is 210 g/mol. The van der Waals surface area contributed by atoms with E-state index in [4.69, 9.17) is 11.6 Å². The van der Waals surface area contributed by atoms with Gasteiger partial charge in [-0.1, -0.05) is 24.6 Å². The minimum absolute atomic E-state index is 0.0445. The van der Waals surface area contributed by atoms with Crippen molar-refractivity contribution in [3.63, 3.8) is 0 Å². The number of rotatable bonds is 1. The quantitative estimate of drug-likeness (QED) is 0.757. The van der Waals surface area contributed by atoms with Crippen LogP contribution in [0, 0.1) is 0 Å². The fraction of sp³-hybridized carbons (Fsp3) is 0.364. The second-order valence-electron chi connectivity index (χ2n) is 3.80. The highest BCUT2D eigenvalue weighted by Gasteiger charge is 2.42. The van der Waals surface area contributed by atoms with E-state index < -0.39 is 5.41 Å². The van der Waals surface area contributed by atoms with Crippen LogP contribution in [0.1, 0.15) is 25.8 Å². The molecular weight excluding hydrogens is 198 g/mol. The molecular formula is C11H12ClNO. The zero-order valence-electron chi connectivity index (χ0n) is 8.23. The standard InChI is InChI=1S/C11H12ClNO/c1-3-11(2)9-7(12)5-4-6-8(9)13-10(11)14/h4-6H,3H2,1-2H3,(H,13,14)/t11-/m1/s1. The van der Waals surface area contributed by atoms with Gasteiger partial charge in [-0.05, 0) is 25.5 Å². The third-order valence-corrected chi connectivity index (χ3v) is 3.34. The predicted molar refractivity (Wildman–Crippen MR) is 57.7 cm³/mol. The SMILES string of the molecule is CC[C@@]1(C)C(=O)Nc2cccc(Cl)c21. The smallest absolute Gasteiger partial charge is 0.234 e. The Balaban J connectivity index is 2.67. The van der Waals surface area contributed by atoms with Gasteiger partial charge < -0.3 is 5.32 Å². The highest BCUT2D eigenvalue weighted by atomic mass is 35.5. The summed E-state index contributed by atoms with van der Waals surface area (Å²) in [5.41, 5.74) is 1.33. The lowest BCUT2D eigenvalue weighted by Gasteiger charge is -2.20. The molecule has 0 unspecified atom stereocenters. The number of halogens is 1. The molecule has 1 aromatic rings. The maximum Gasteiger partial charge on any atom is 0.234 e. The van der Waals surface area contributed by atoms with Crippen molar-refractivity contribution in [2.75, 3.05) is 5.32 Å². The van der Waals surface area contributed by atoms with E-state index in [1.165, 1.54) is 0 Å². The minimum atomic E-state index is -0.465. The molecule has 14 heavy (non-hydrogen) atoms. The highest BCUT2D eigenvalue weighted by Crippen LogP contribution is 2.43. The number of nitrogens with one attached hydrogen (secondary N) is 1. The molecule has 1 heterocycles. The van der Waals surface area contributed by atoms with Gasteiger partial charge in [0, 0.05) is 16.3 Å². The Bertz CT molecular complexity index is 402. The molecule has 1 aliphatic rings. The number of anilines is 1. The zero-order valence-corrected chi connectivity index (χ0v) is 8.98. The van der Waals surface area contributed by atoms with Crippen molar-refractivity contribution in [2.24, 2.45) is 0 Å². The van der Waals surface area contributed by atoms with Crippen LogP contribution in [0.15, 0.2) is 18.2 Å². The second kappa shape index (κ2) is 2.99. The number of carbonyl (C=O) groups is 1. The molecule has 2 nitrogen and oxygen atoms in total. The summed E-state index contributed by atoms with van der Waals surface area (Å²) >= 11 is 6.11. The Hall–Kier alpha value is -1.02. The van der Waals surface area contributed by atoms with Crippen LogP contribution >= 0.6 is 11.6 Å². The molecule has 0 saturated heterocycles. The van der Waals surface area contributed by atoms with Gasteiger partial charge in [0.15, 0.2) is 0 Å². The fourth-order valence-electron chi connectivity index (χ4n) is 1.90. The first kappa shape index (κ1) is 9.53. The van der Waals surface area contributed by atoms with E-state index in [2.05, 4.69) is 5.32 Å². The molecule has 1 amide bonds. The summed E-state index contributed by atoms with van der Waals surface area (Å²) in [7, 11) is 0. The molecule has 1 aromatic carbocycles. The molecule has 0 fully saturated rings. The van der Waals surface area contributed by atoms with Crippen molar-refractivity contribution in [3.8, 4) is 0 Å². The van der Waals surface area contributed by atoms with Crippen molar-refractivity contribution >= 4 is 23.2 Å². The van der Waals surface area contributed by atoms with E-state index >= 15 is 0 Å². The van der Waals surface area contributed by atoms with Crippen molar-refractivity contribution < 1.29 is 4.79 Å². The van der Waals surface area contributed by atoms with Crippen LogP contribution < -0.4 is 5.32 Å². The van der Waals surface area contributed by atoms with Crippen LogP contribution in [-0.4, -0.2) is 5.91 Å². The summed E-state index contributed by atoms with van der Waals surface area (Å²) in [6.07, 6.45) is 0.759. The second-order valence-corrected chi connectivity index (χ2v) is 4.21. The van der Waals surface area contributed by atoms with Crippen molar-refractivity contribution in [3.05, 3.63) is 28.8 Å². The third kappa shape index (κ3) is 1.07. The highest BCUT2D eigenvalue weighted by molar-refractivity contribution is 6.33. The first-order valence-electron chi connectivity index (χ1n) is 4.70. The number of fused-ring (bicyclic) bond motifs is 1. The van der Waals surface area contributed by atoms with E-state index in [-0.39, 0.29) is 5.91 Å². The molecule has 0 spiro atoms. The minimum Gasteiger partial charge on any atom is -0.325 e. The Labute approximate surface area is 88.3 Å². The monoisotopic (exact) mass is 209 g/mol. The molecule has 3 heteroatoms. The molecule has 0 saturated carbocycles. The van der Waals surface area contributed by atoms with Gasteiger partial charge in [-0.15, -0.1) is 0 Å². The summed E-state index contributed by atoms with van der Waals surface area (Å²) in [5, 5.41) is 3.53. The summed E-state index contributed by atoms with van der Waals surface area (Å²) in [4.78, 5) is 11.8. The van der Waals surface area contributed by atoms with Gasteiger partial charge in [0.25, 0.3) is 0 Å². The van der Waals surface area contributed by atoms with Crippen molar-refractivity contribution in [1.29, 1.82) is 0 Å². The Morgan fingerprint density at radius 3 is 2.86 bits per heavy atom. The first-order valence-corrected chi connectivity index (χ1v) is 5.08. The third-order valence-electron chi connectivity index (χ3n) is 3.02. The lowest BCUT2D eigenvalue weighted by atomic mass is 9.81. The number of carbonyl (C=O) groups excluding carboxylic acids is 1. The van der Waals surface area contributed by atoms with Crippen molar-refractivity contribution in [1.82, 2.24) is 0 Å². The van der Waals surface area contributed by atoms with Gasteiger partial charge in [-0.3, -0.25) is 4.79 Å². The van der Waals surface area contributed by atoms with Crippen LogP contribution in [-0.2, 0) is 10.2 Å². The van der Waals surface area contributed by atoms with Crippen LogP contribution in [0.3, 0.4) is 0 Å². The molecule has 1 atom stereocenters. The lowest BCUT2D eigenvalue weighted by Crippen LogP contribution is -2.30. The topological polar surface area (TPSA) is 29.1 Å². The average Bonchev–Trinajstić information content (AvgIpc) is 2.41. The first-order chi connectivity index (χ1) is 6.59. The number of benzene rings is 1. The molecule has 0 aliphatic carbocycles. The van der Waals surface area contributed by atoms with Crippen molar-refractivity contribution in [2.45, 2.75) is 25.7 Å².